The highest BCUT2D eigenvalue weighted by atomic mass is 35.5. The number of nitrogens with two attached hydrogens (primary N) is 1. The number of nitrogens with zero attached hydrogens (tertiary/aromatic N) is 1. The number of rotatable bonds is 5. The van der Waals surface area contributed by atoms with Crippen molar-refractivity contribution in [1.29, 1.82) is 0 Å². The lowest BCUT2D eigenvalue weighted by Gasteiger charge is -2.32. The van der Waals surface area contributed by atoms with Gasteiger partial charge in [0, 0.05) is 12.1 Å². The lowest BCUT2D eigenvalue weighted by molar-refractivity contribution is -0.123. The van der Waals surface area contributed by atoms with Crippen LogP contribution < -0.4 is 11.1 Å². The molecule has 1 amide bonds. The number of halogens is 2. The van der Waals surface area contributed by atoms with E-state index in [4.69, 9.17) is 5.73 Å². The van der Waals surface area contributed by atoms with Crippen LogP contribution in [0.3, 0.4) is 0 Å². The third kappa shape index (κ3) is 7.35. The molecule has 0 aromatic rings. The predicted molar refractivity (Wildman–Crippen MR) is 85.2 cm³/mol. The average Bonchev–Trinajstić information content (AvgIpc) is 2.29. The smallest absolute Gasteiger partial charge is 0.234 e. The van der Waals surface area contributed by atoms with E-state index in [1.165, 1.54) is 12.8 Å². The lowest BCUT2D eigenvalue weighted by Crippen LogP contribution is -2.48. The summed E-state index contributed by atoms with van der Waals surface area (Å²) in [5.41, 5.74) is 5.76. The molecule has 1 saturated carbocycles. The second-order valence-electron chi connectivity index (χ2n) is 5.46. The maximum absolute atomic E-state index is 11.9. The van der Waals surface area contributed by atoms with E-state index in [1.54, 1.807) is 0 Å². The van der Waals surface area contributed by atoms with Gasteiger partial charge in [-0.3, -0.25) is 9.69 Å². The molecular weight excluding hydrogens is 285 g/mol. The van der Waals surface area contributed by atoms with E-state index < -0.39 is 0 Å². The largest absolute Gasteiger partial charge is 0.352 e. The van der Waals surface area contributed by atoms with E-state index in [1.807, 2.05) is 7.05 Å². The summed E-state index contributed by atoms with van der Waals surface area (Å²) in [5.74, 6) is 0.601. The monoisotopic (exact) mass is 313 g/mol. The summed E-state index contributed by atoms with van der Waals surface area (Å²) in [5, 5.41) is 3.15. The lowest BCUT2D eigenvalue weighted by atomic mass is 9.84. The van der Waals surface area contributed by atoms with Crippen LogP contribution in [-0.4, -0.2) is 43.0 Å². The second-order valence-corrected chi connectivity index (χ2v) is 5.46. The van der Waals surface area contributed by atoms with Crippen LogP contribution in [0.5, 0.6) is 0 Å². The Balaban J connectivity index is 0. The maximum Gasteiger partial charge on any atom is 0.234 e. The van der Waals surface area contributed by atoms with Crippen molar-refractivity contribution >= 4 is 30.7 Å². The van der Waals surface area contributed by atoms with Crippen LogP contribution in [0, 0.1) is 5.92 Å². The van der Waals surface area contributed by atoms with Crippen LogP contribution in [0.15, 0.2) is 0 Å². The van der Waals surface area contributed by atoms with Crippen molar-refractivity contribution in [3.63, 3.8) is 0 Å². The summed E-state index contributed by atoms with van der Waals surface area (Å²) in [7, 11) is 1.98. The number of carbonyl (C=O) groups is 1. The van der Waals surface area contributed by atoms with Crippen molar-refractivity contribution in [2.24, 2.45) is 11.7 Å². The first-order valence-electron chi connectivity index (χ1n) is 6.74. The number of hydrogen-bond donors (Lipinski definition) is 2. The van der Waals surface area contributed by atoms with Crippen molar-refractivity contribution in [2.45, 2.75) is 51.6 Å². The molecule has 1 aliphatic carbocycles. The van der Waals surface area contributed by atoms with Crippen molar-refractivity contribution in [3.8, 4) is 0 Å². The molecule has 0 aromatic heterocycles. The topological polar surface area (TPSA) is 58.4 Å². The molecule has 0 spiro atoms. The summed E-state index contributed by atoms with van der Waals surface area (Å²) >= 11 is 0. The molecular formula is C13H29Cl2N3O. The van der Waals surface area contributed by atoms with Crippen molar-refractivity contribution in [2.75, 3.05) is 20.1 Å². The Labute approximate surface area is 129 Å². The Hall–Kier alpha value is -0.0300. The molecule has 116 valence electrons. The van der Waals surface area contributed by atoms with E-state index in [-0.39, 0.29) is 30.7 Å². The Bertz CT molecular complexity index is 252. The fraction of sp³-hybridized carbons (Fsp3) is 0.923. The van der Waals surface area contributed by atoms with Gasteiger partial charge in [-0.2, -0.15) is 0 Å². The number of carbonyl (C=O) groups excluding carboxylic acids is 1. The number of likely N-dealkylation sites (N-methyl/N-ethyl adjacent to an activating group) is 1. The van der Waals surface area contributed by atoms with Gasteiger partial charge in [0.15, 0.2) is 0 Å². The Morgan fingerprint density at radius 1 is 1.32 bits per heavy atom. The van der Waals surface area contributed by atoms with E-state index in [0.717, 1.165) is 12.8 Å². The van der Waals surface area contributed by atoms with E-state index >= 15 is 0 Å². The van der Waals surface area contributed by atoms with Gasteiger partial charge >= 0.3 is 0 Å². The van der Waals surface area contributed by atoms with E-state index in [0.29, 0.717) is 31.1 Å². The quantitative estimate of drug-likeness (QED) is 0.813. The van der Waals surface area contributed by atoms with E-state index in [2.05, 4.69) is 24.1 Å². The molecule has 0 heterocycles. The third-order valence-corrected chi connectivity index (χ3v) is 3.83. The van der Waals surface area contributed by atoms with Gasteiger partial charge in [0.2, 0.25) is 5.91 Å². The standard InChI is InChI=1S/C13H27N3O.2ClH/c1-10(2)16(3)9-13(17)15-12-7-5-4-6-11(12)8-14;;/h10-12H,4-9,14H2,1-3H3,(H,15,17);2*1H. The normalized spacial score (nSPS) is 22.6. The molecule has 1 fully saturated rings. The second kappa shape index (κ2) is 10.7. The molecule has 0 aliphatic heterocycles. The SMILES string of the molecule is CC(C)N(C)CC(=O)NC1CCCCC1CN.Cl.Cl. The van der Waals surface area contributed by atoms with Crippen LogP contribution in [0.1, 0.15) is 39.5 Å². The summed E-state index contributed by atoms with van der Waals surface area (Å²) in [4.78, 5) is 13.9. The first-order chi connectivity index (χ1) is 8.04. The van der Waals surface area contributed by atoms with Gasteiger partial charge in [-0.05, 0) is 46.2 Å². The highest BCUT2D eigenvalue weighted by Crippen LogP contribution is 2.23. The minimum atomic E-state index is 0. The van der Waals surface area contributed by atoms with Gasteiger partial charge in [0.05, 0.1) is 6.54 Å². The first kappa shape index (κ1) is 21.3. The van der Waals surface area contributed by atoms with Crippen molar-refractivity contribution in [3.05, 3.63) is 0 Å². The molecule has 19 heavy (non-hydrogen) atoms. The minimum Gasteiger partial charge on any atom is -0.352 e. The summed E-state index contributed by atoms with van der Waals surface area (Å²) < 4.78 is 0. The van der Waals surface area contributed by atoms with Crippen LogP contribution in [0.25, 0.3) is 0 Å². The molecule has 1 aliphatic rings. The van der Waals surface area contributed by atoms with Gasteiger partial charge in [-0.25, -0.2) is 0 Å². The van der Waals surface area contributed by atoms with Crippen molar-refractivity contribution in [1.82, 2.24) is 10.2 Å². The summed E-state index contributed by atoms with van der Waals surface area (Å²) in [6.45, 7) is 5.35. The number of hydrogen-bond acceptors (Lipinski definition) is 3. The van der Waals surface area contributed by atoms with Crippen molar-refractivity contribution < 1.29 is 4.79 Å². The Morgan fingerprint density at radius 3 is 2.42 bits per heavy atom. The molecule has 4 nitrogen and oxygen atoms in total. The average molecular weight is 314 g/mol. The van der Waals surface area contributed by atoms with Crippen LogP contribution in [0.2, 0.25) is 0 Å². The molecule has 6 heteroatoms. The van der Waals surface area contributed by atoms with Gasteiger partial charge in [-0.15, -0.1) is 24.8 Å². The first-order valence-corrected chi connectivity index (χ1v) is 6.74. The molecule has 0 saturated heterocycles. The molecule has 2 unspecified atom stereocenters. The van der Waals surface area contributed by atoms with Gasteiger partial charge in [-0.1, -0.05) is 12.8 Å². The molecule has 0 aromatic carbocycles. The predicted octanol–water partition coefficient (Wildman–Crippen LogP) is 1.80. The fourth-order valence-corrected chi connectivity index (χ4v) is 2.34. The fourth-order valence-electron chi connectivity index (χ4n) is 2.34. The zero-order valence-electron chi connectivity index (χ0n) is 12.2. The number of nitrogens with one attached hydrogen (secondary N) is 1. The molecule has 1 rings (SSSR count). The highest BCUT2D eigenvalue weighted by Gasteiger charge is 2.25. The molecule has 0 radical (unpaired) electrons. The van der Waals surface area contributed by atoms with Crippen LogP contribution in [-0.2, 0) is 4.79 Å². The van der Waals surface area contributed by atoms with Crippen LogP contribution >= 0.6 is 24.8 Å². The van der Waals surface area contributed by atoms with E-state index in [9.17, 15) is 4.79 Å². The van der Waals surface area contributed by atoms with Gasteiger partial charge in [0.25, 0.3) is 0 Å². The molecule has 0 bridgehead atoms. The zero-order valence-corrected chi connectivity index (χ0v) is 13.9. The molecule has 2 atom stereocenters. The van der Waals surface area contributed by atoms with Gasteiger partial charge in [0.1, 0.15) is 0 Å². The minimum absolute atomic E-state index is 0. The van der Waals surface area contributed by atoms with Crippen LogP contribution in [0.4, 0.5) is 0 Å². The highest BCUT2D eigenvalue weighted by molar-refractivity contribution is 5.85. The summed E-state index contributed by atoms with van der Waals surface area (Å²) in [6, 6.07) is 0.694. The Morgan fingerprint density at radius 2 is 1.89 bits per heavy atom. The maximum atomic E-state index is 11.9. The Kier molecular flexibility index (Phi) is 12.0. The summed E-state index contributed by atoms with van der Waals surface area (Å²) in [6.07, 6.45) is 4.70. The molecule has 3 N–H and O–H groups in total. The zero-order chi connectivity index (χ0) is 12.8. The van der Waals surface area contributed by atoms with Gasteiger partial charge < -0.3 is 11.1 Å². The third-order valence-electron chi connectivity index (χ3n) is 3.83. The number of amides is 1.